The van der Waals surface area contributed by atoms with Gasteiger partial charge in [0.25, 0.3) is 0 Å². The van der Waals surface area contributed by atoms with E-state index in [-0.39, 0.29) is 22.2 Å². The number of rotatable bonds is 8. The summed E-state index contributed by atoms with van der Waals surface area (Å²) < 4.78 is 70.4. The number of alkyl halides is 3. The number of anilines is 3. The molecule has 0 aliphatic carbocycles. The second-order valence-corrected chi connectivity index (χ2v) is 11.5. The van der Waals surface area contributed by atoms with E-state index in [2.05, 4.69) is 38.9 Å². The van der Waals surface area contributed by atoms with Gasteiger partial charge in [0.05, 0.1) is 16.9 Å². The summed E-state index contributed by atoms with van der Waals surface area (Å²) in [7, 11) is 0. The van der Waals surface area contributed by atoms with E-state index in [4.69, 9.17) is 0 Å². The molecule has 2 fully saturated rings. The Kier molecular flexibility index (Phi) is 8.58. The Morgan fingerprint density at radius 3 is 2.52 bits per heavy atom. The zero-order valence-corrected chi connectivity index (χ0v) is 23.4. The average molecular weight is 581 g/mol. The van der Waals surface area contributed by atoms with E-state index in [0.29, 0.717) is 42.3 Å². The van der Waals surface area contributed by atoms with Crippen molar-refractivity contribution in [3.05, 3.63) is 52.5 Å². The number of thiazole rings is 1. The Morgan fingerprint density at radius 2 is 1.85 bits per heavy atom. The molecule has 0 spiro atoms. The van der Waals surface area contributed by atoms with Crippen molar-refractivity contribution >= 4 is 28.0 Å². The average Bonchev–Trinajstić information content (AvgIpc) is 3.51. The van der Waals surface area contributed by atoms with Crippen LogP contribution in [-0.4, -0.2) is 65.1 Å². The van der Waals surface area contributed by atoms with Crippen LogP contribution in [0.1, 0.15) is 43.6 Å². The van der Waals surface area contributed by atoms with Crippen LogP contribution >= 0.6 is 11.3 Å². The van der Waals surface area contributed by atoms with Gasteiger partial charge in [-0.05, 0) is 63.5 Å². The Balaban J connectivity index is 1.45. The van der Waals surface area contributed by atoms with Crippen molar-refractivity contribution < 1.29 is 22.0 Å². The molecule has 4 heterocycles. The zero-order chi connectivity index (χ0) is 28.4. The summed E-state index contributed by atoms with van der Waals surface area (Å²) in [5.74, 6) is -1.51. The van der Waals surface area contributed by atoms with Gasteiger partial charge in [-0.1, -0.05) is 18.3 Å². The number of hydrogen-bond donors (Lipinski definition) is 1. The molecule has 40 heavy (non-hydrogen) atoms. The van der Waals surface area contributed by atoms with Crippen molar-refractivity contribution in [1.29, 1.82) is 0 Å². The molecule has 3 aromatic rings. The molecule has 0 unspecified atom stereocenters. The molecule has 6 nitrogen and oxygen atoms in total. The first-order chi connectivity index (χ1) is 19.1. The molecule has 1 N–H and O–H groups in total. The van der Waals surface area contributed by atoms with Gasteiger partial charge in [0.2, 0.25) is 0 Å². The molecule has 0 radical (unpaired) electrons. The van der Waals surface area contributed by atoms with Crippen molar-refractivity contribution in [3.63, 3.8) is 0 Å². The molecule has 0 saturated carbocycles. The summed E-state index contributed by atoms with van der Waals surface area (Å²) in [5, 5.41) is 3.24. The molecule has 1 atom stereocenters. The number of halogens is 5. The number of aromatic nitrogens is 2. The number of piperazine rings is 1. The monoisotopic (exact) mass is 580 g/mol. The van der Waals surface area contributed by atoms with Crippen molar-refractivity contribution in [2.75, 3.05) is 49.5 Å². The minimum absolute atomic E-state index is 0.00917. The fraction of sp³-hybridized carbons (Fsp3) is 0.500. The van der Waals surface area contributed by atoms with Crippen molar-refractivity contribution in [2.45, 2.75) is 51.9 Å². The molecule has 2 aromatic heterocycles. The highest BCUT2D eigenvalue weighted by molar-refractivity contribution is 7.16. The lowest BCUT2D eigenvalue weighted by Crippen LogP contribution is -2.46. The van der Waals surface area contributed by atoms with Crippen LogP contribution in [0.3, 0.4) is 0 Å². The van der Waals surface area contributed by atoms with E-state index >= 15 is 4.39 Å². The second-order valence-electron chi connectivity index (χ2n) is 10.4. The number of likely N-dealkylation sites (tertiary alicyclic amines) is 1. The first kappa shape index (κ1) is 28.7. The van der Waals surface area contributed by atoms with E-state index in [0.717, 1.165) is 57.6 Å². The van der Waals surface area contributed by atoms with Crippen LogP contribution in [-0.2, 0) is 12.7 Å². The second kappa shape index (κ2) is 12.0. The van der Waals surface area contributed by atoms with Gasteiger partial charge in [-0.2, -0.15) is 13.2 Å². The molecular formula is C28H33F5N6S. The van der Waals surface area contributed by atoms with Gasteiger partial charge in [-0.25, -0.2) is 18.7 Å². The molecule has 0 bridgehead atoms. The lowest BCUT2D eigenvalue weighted by atomic mass is 10.1. The summed E-state index contributed by atoms with van der Waals surface area (Å²) in [4.78, 5) is 16.0. The van der Waals surface area contributed by atoms with E-state index in [1.807, 2.05) is 4.90 Å². The van der Waals surface area contributed by atoms with Gasteiger partial charge in [0.15, 0.2) is 16.8 Å². The molecule has 216 valence electrons. The first-order valence-electron chi connectivity index (χ1n) is 13.6. The fourth-order valence-electron chi connectivity index (χ4n) is 5.43. The van der Waals surface area contributed by atoms with E-state index < -0.39 is 23.4 Å². The molecule has 2 aliphatic rings. The molecule has 0 amide bonds. The minimum atomic E-state index is -4.70. The standard InChI is InChI=1S/C28H33F5N6S/c1-3-8-37-10-12-38(13-11-37)22-6-7-34-26(24(22)30)36-27-35-25(23(40-27)17-39-9-4-5-18(39)2)19-14-20(28(31,32)33)16-21(29)15-19/h6-7,14-16,18H,3-5,8-13,17H2,1-2H3,(H,34,35,36)/t18-/m1/s1. The third kappa shape index (κ3) is 6.39. The van der Waals surface area contributed by atoms with E-state index in [9.17, 15) is 17.6 Å². The largest absolute Gasteiger partial charge is 0.416 e. The van der Waals surface area contributed by atoms with E-state index in [1.54, 1.807) is 6.07 Å². The third-order valence-electron chi connectivity index (χ3n) is 7.58. The van der Waals surface area contributed by atoms with Gasteiger partial charge in [0.1, 0.15) is 5.82 Å². The Bertz CT molecular complexity index is 1320. The normalized spacial score (nSPS) is 19.0. The number of nitrogens with zero attached hydrogens (tertiary/aromatic N) is 5. The quantitative estimate of drug-likeness (QED) is 0.297. The summed E-state index contributed by atoms with van der Waals surface area (Å²) in [6.07, 6.45) is -0.0612. The summed E-state index contributed by atoms with van der Waals surface area (Å²) in [6, 6.07) is 4.40. The van der Waals surface area contributed by atoms with Gasteiger partial charge in [-0.3, -0.25) is 9.80 Å². The van der Waals surface area contributed by atoms with Crippen LogP contribution in [0.4, 0.5) is 38.6 Å². The third-order valence-corrected chi connectivity index (χ3v) is 8.54. The fourth-order valence-corrected chi connectivity index (χ4v) is 6.44. The number of hydrogen-bond acceptors (Lipinski definition) is 7. The highest BCUT2D eigenvalue weighted by Gasteiger charge is 2.32. The molecular weight excluding hydrogens is 547 g/mol. The molecule has 12 heteroatoms. The van der Waals surface area contributed by atoms with Gasteiger partial charge in [-0.15, -0.1) is 0 Å². The predicted molar refractivity (Wildman–Crippen MR) is 148 cm³/mol. The molecule has 1 aromatic carbocycles. The smallest absolute Gasteiger partial charge is 0.366 e. The summed E-state index contributed by atoms with van der Waals surface area (Å²) in [6.45, 7) is 9.64. The van der Waals surface area contributed by atoms with Gasteiger partial charge >= 0.3 is 6.18 Å². The van der Waals surface area contributed by atoms with Crippen molar-refractivity contribution in [2.24, 2.45) is 0 Å². The Labute approximate surface area is 234 Å². The van der Waals surface area contributed by atoms with Crippen LogP contribution in [0.25, 0.3) is 11.3 Å². The minimum Gasteiger partial charge on any atom is -0.366 e. The highest BCUT2D eigenvalue weighted by Crippen LogP contribution is 2.39. The van der Waals surface area contributed by atoms with Crippen molar-refractivity contribution in [3.8, 4) is 11.3 Å². The molecule has 5 rings (SSSR count). The zero-order valence-electron chi connectivity index (χ0n) is 22.6. The van der Waals surface area contributed by atoms with E-state index in [1.165, 1.54) is 17.5 Å². The number of nitrogens with one attached hydrogen (secondary N) is 1. The van der Waals surface area contributed by atoms with Crippen LogP contribution in [0.2, 0.25) is 0 Å². The Morgan fingerprint density at radius 1 is 1.07 bits per heavy atom. The van der Waals surface area contributed by atoms with Gasteiger partial charge in [0, 0.05) is 55.4 Å². The van der Waals surface area contributed by atoms with Crippen LogP contribution in [0.15, 0.2) is 30.5 Å². The SMILES string of the molecule is CCCN1CCN(c2ccnc(Nc3nc(-c4cc(F)cc(C(F)(F)F)c4)c(CN4CCC[C@H]4C)s3)c2F)CC1. The van der Waals surface area contributed by atoms with Crippen LogP contribution < -0.4 is 10.2 Å². The number of pyridine rings is 1. The summed E-state index contributed by atoms with van der Waals surface area (Å²) >= 11 is 1.22. The van der Waals surface area contributed by atoms with Crippen molar-refractivity contribution in [1.82, 2.24) is 19.8 Å². The van der Waals surface area contributed by atoms with Crippen LogP contribution in [0, 0.1) is 11.6 Å². The Hall–Kier alpha value is -2.83. The predicted octanol–water partition coefficient (Wildman–Crippen LogP) is 6.76. The highest BCUT2D eigenvalue weighted by atomic mass is 32.1. The maximum atomic E-state index is 15.6. The lowest BCUT2D eigenvalue weighted by molar-refractivity contribution is -0.137. The maximum Gasteiger partial charge on any atom is 0.416 e. The molecule has 2 saturated heterocycles. The maximum absolute atomic E-state index is 15.6. The lowest BCUT2D eigenvalue weighted by Gasteiger charge is -2.36. The molecule has 2 aliphatic heterocycles. The topological polar surface area (TPSA) is 47.5 Å². The van der Waals surface area contributed by atoms with Crippen LogP contribution in [0.5, 0.6) is 0 Å². The number of benzene rings is 1. The summed E-state index contributed by atoms with van der Waals surface area (Å²) in [5.41, 5.74) is -0.354. The first-order valence-corrected chi connectivity index (χ1v) is 14.4. The van der Waals surface area contributed by atoms with Gasteiger partial charge < -0.3 is 10.2 Å².